The van der Waals surface area contributed by atoms with Crippen LogP contribution in [0.3, 0.4) is 0 Å². The monoisotopic (exact) mass is 275 g/mol. The number of phenolic OH excluding ortho intramolecular Hbond substituents is 1. The Balaban J connectivity index is 2.25. The zero-order chi connectivity index (χ0) is 9.26. The molecule has 0 saturated carbocycles. The molecule has 0 radical (unpaired) electrons. The van der Waals surface area contributed by atoms with Crippen molar-refractivity contribution in [2.75, 3.05) is 17.2 Å². The van der Waals surface area contributed by atoms with Crippen LogP contribution in [0, 0.1) is 0 Å². The maximum absolute atomic E-state index is 9.26. The Kier molecular flexibility index (Phi) is 3.02. The molecule has 0 aromatic heterocycles. The van der Waals surface area contributed by atoms with Crippen LogP contribution in [-0.2, 0) is 0 Å². The number of aromatic hydroxyl groups is 1. The fourth-order valence-corrected chi connectivity index (χ4v) is 15.2. The van der Waals surface area contributed by atoms with Crippen molar-refractivity contribution in [3.05, 3.63) is 18.2 Å². The summed E-state index contributed by atoms with van der Waals surface area (Å²) in [4.78, 5) is 0. The third-order valence-corrected chi connectivity index (χ3v) is 15.4. The van der Waals surface area contributed by atoms with Crippen LogP contribution < -0.4 is 10.1 Å². The van der Waals surface area contributed by atoms with Gasteiger partial charge in [-0.25, -0.2) is 0 Å². The van der Waals surface area contributed by atoms with E-state index < -0.39 is 12.3 Å². The van der Waals surface area contributed by atoms with Gasteiger partial charge in [-0.1, -0.05) is 0 Å². The molecule has 70 valence electrons. The molecule has 3 N–H and O–H groups in total. The van der Waals surface area contributed by atoms with Crippen LogP contribution in [0.4, 0.5) is 5.69 Å². The fraction of sp³-hybridized carbons (Fsp3) is 0.250. The number of hydrogen-bond acceptors (Lipinski definition) is 4. The summed E-state index contributed by atoms with van der Waals surface area (Å²) in [5, 5.41) is 9.26. The van der Waals surface area contributed by atoms with E-state index in [9.17, 15) is 5.11 Å². The SMILES string of the molecule is Nc1cc([As]2SCCS2)ccc1O. The Morgan fingerprint density at radius 2 is 2.00 bits per heavy atom. The Morgan fingerprint density at radius 1 is 1.31 bits per heavy atom. The van der Waals surface area contributed by atoms with Crippen LogP contribution in [0.1, 0.15) is 0 Å². The number of hydrogen-bond donors (Lipinski definition) is 2. The number of anilines is 1. The van der Waals surface area contributed by atoms with Crippen molar-refractivity contribution in [1.29, 1.82) is 0 Å². The number of nitrogen functional groups attached to an aromatic ring is 1. The summed E-state index contributed by atoms with van der Waals surface area (Å²) >= 11 is -0.913. The Morgan fingerprint density at radius 3 is 2.62 bits per heavy atom. The van der Waals surface area contributed by atoms with Crippen molar-refractivity contribution in [2.45, 2.75) is 0 Å². The van der Waals surface area contributed by atoms with E-state index in [2.05, 4.69) is 20.0 Å². The van der Waals surface area contributed by atoms with E-state index in [1.54, 1.807) is 6.07 Å². The van der Waals surface area contributed by atoms with E-state index in [1.807, 2.05) is 12.1 Å². The van der Waals surface area contributed by atoms with Gasteiger partial charge in [0.05, 0.1) is 0 Å². The summed E-state index contributed by atoms with van der Waals surface area (Å²) in [6.07, 6.45) is 0. The molecule has 1 aliphatic rings. The molecule has 0 bridgehead atoms. The van der Waals surface area contributed by atoms with E-state index in [1.165, 1.54) is 15.9 Å². The van der Waals surface area contributed by atoms with Gasteiger partial charge in [0, 0.05) is 0 Å². The van der Waals surface area contributed by atoms with Crippen LogP contribution in [-0.4, -0.2) is 29.0 Å². The van der Waals surface area contributed by atoms with Crippen LogP contribution >= 0.6 is 20.0 Å². The van der Waals surface area contributed by atoms with Crippen LogP contribution in [0.25, 0.3) is 0 Å². The predicted molar refractivity (Wildman–Crippen MR) is 62.8 cm³/mol. The first-order valence-corrected chi connectivity index (χ1v) is 11.3. The summed E-state index contributed by atoms with van der Waals surface area (Å²) in [7, 11) is 4.16. The van der Waals surface area contributed by atoms with Crippen molar-refractivity contribution in [3.63, 3.8) is 0 Å². The molecule has 0 aliphatic carbocycles. The second-order valence-electron chi connectivity index (χ2n) is 2.67. The molecule has 1 aromatic rings. The molecule has 0 unspecified atom stereocenters. The van der Waals surface area contributed by atoms with E-state index in [-0.39, 0.29) is 5.75 Å². The first kappa shape index (κ1) is 9.63. The molecule has 2 rings (SSSR count). The van der Waals surface area contributed by atoms with Gasteiger partial charge in [-0.2, -0.15) is 0 Å². The quantitative estimate of drug-likeness (QED) is 0.458. The van der Waals surface area contributed by atoms with E-state index in [4.69, 9.17) is 5.73 Å². The number of benzene rings is 1. The molecular weight excluding hydrogens is 265 g/mol. The second-order valence-corrected chi connectivity index (χ2v) is 14.4. The predicted octanol–water partition coefficient (Wildman–Crippen LogP) is 1.15. The number of nitrogens with two attached hydrogens (primary N) is 1. The average molecular weight is 275 g/mol. The summed E-state index contributed by atoms with van der Waals surface area (Å²) in [6.45, 7) is 0. The fourth-order valence-electron chi connectivity index (χ4n) is 1.08. The van der Waals surface area contributed by atoms with Crippen LogP contribution in [0.5, 0.6) is 5.75 Å². The topological polar surface area (TPSA) is 46.2 Å². The zero-order valence-corrected chi connectivity index (χ0v) is 10.4. The summed E-state index contributed by atoms with van der Waals surface area (Å²) in [5.74, 6) is 2.74. The van der Waals surface area contributed by atoms with E-state index in [0.717, 1.165) is 0 Å². The molecule has 1 aromatic carbocycles. The third kappa shape index (κ3) is 2.12. The Hall–Kier alpha value is 0.0784. The van der Waals surface area contributed by atoms with E-state index >= 15 is 0 Å². The van der Waals surface area contributed by atoms with Gasteiger partial charge in [0.1, 0.15) is 0 Å². The van der Waals surface area contributed by atoms with Gasteiger partial charge >= 0.3 is 88.7 Å². The number of phenols is 1. The second kappa shape index (κ2) is 4.07. The van der Waals surface area contributed by atoms with Crippen molar-refractivity contribution < 1.29 is 5.11 Å². The van der Waals surface area contributed by atoms with Crippen molar-refractivity contribution >= 4 is 42.4 Å². The molecule has 0 atom stereocenters. The minimum atomic E-state index is -0.913. The van der Waals surface area contributed by atoms with Crippen LogP contribution in [0.15, 0.2) is 18.2 Å². The van der Waals surface area contributed by atoms with Crippen molar-refractivity contribution in [3.8, 4) is 5.75 Å². The molecule has 0 amide bonds. The van der Waals surface area contributed by atoms with Gasteiger partial charge in [-0.05, 0) is 0 Å². The third-order valence-electron chi connectivity index (χ3n) is 1.72. The van der Waals surface area contributed by atoms with E-state index in [0.29, 0.717) is 5.69 Å². The molecule has 1 heterocycles. The van der Waals surface area contributed by atoms with Gasteiger partial charge in [0.25, 0.3) is 0 Å². The molecule has 2 nitrogen and oxygen atoms in total. The van der Waals surface area contributed by atoms with Gasteiger partial charge in [-0.3, -0.25) is 0 Å². The summed E-state index contributed by atoms with van der Waals surface area (Å²) < 4.78 is 1.36. The van der Waals surface area contributed by atoms with Gasteiger partial charge < -0.3 is 0 Å². The molecule has 1 aliphatic heterocycles. The standard InChI is InChI=1S/C8H10AsNOS2/c10-7-5-6(1-2-8(7)11)9-12-3-4-13-9/h1-2,5,11H,3-4,10H2. The molecular formula is C8H10AsNOS2. The molecule has 0 spiro atoms. The number of rotatable bonds is 1. The maximum atomic E-state index is 9.26. The van der Waals surface area contributed by atoms with Gasteiger partial charge in [0.15, 0.2) is 0 Å². The minimum absolute atomic E-state index is 0.201. The first-order valence-electron chi connectivity index (χ1n) is 3.92. The van der Waals surface area contributed by atoms with Gasteiger partial charge in [-0.15, -0.1) is 0 Å². The zero-order valence-electron chi connectivity index (χ0n) is 6.93. The molecule has 13 heavy (non-hydrogen) atoms. The van der Waals surface area contributed by atoms with Gasteiger partial charge in [0.2, 0.25) is 0 Å². The molecule has 1 fully saturated rings. The summed E-state index contributed by atoms with van der Waals surface area (Å²) in [5.41, 5.74) is 6.16. The summed E-state index contributed by atoms with van der Waals surface area (Å²) in [6, 6.07) is 5.65. The molecule has 1 saturated heterocycles. The first-order chi connectivity index (χ1) is 6.27. The normalized spacial score (nSPS) is 17.8. The van der Waals surface area contributed by atoms with Crippen molar-refractivity contribution in [1.82, 2.24) is 0 Å². The Labute approximate surface area is 88.5 Å². The van der Waals surface area contributed by atoms with Crippen molar-refractivity contribution in [2.24, 2.45) is 0 Å². The Bertz CT molecular complexity index is 315. The van der Waals surface area contributed by atoms with Crippen LogP contribution in [0.2, 0.25) is 0 Å². The average Bonchev–Trinajstić information content (AvgIpc) is 2.62. The molecule has 5 heteroatoms.